The van der Waals surface area contributed by atoms with Gasteiger partial charge in [-0.25, -0.2) is 4.98 Å². The Morgan fingerprint density at radius 2 is 2.25 bits per heavy atom. The number of nitrogens with one attached hydrogen (secondary N) is 1. The molecule has 5 heteroatoms. The van der Waals surface area contributed by atoms with Crippen molar-refractivity contribution in [2.75, 3.05) is 5.73 Å². The molecule has 0 aliphatic heterocycles. The number of aryl methyl sites for hydroxylation is 2. The summed E-state index contributed by atoms with van der Waals surface area (Å²) < 4.78 is 1.90. The largest absolute Gasteiger partial charge is 0.369 e. The number of carbonyl (C=O) groups is 1. The second-order valence-electron chi connectivity index (χ2n) is 5.19. The van der Waals surface area contributed by atoms with Crippen molar-refractivity contribution in [3.05, 3.63) is 23.8 Å². The third-order valence-electron chi connectivity index (χ3n) is 3.59. The van der Waals surface area contributed by atoms with E-state index in [-0.39, 0.29) is 11.9 Å². The molecular weight excluding hydrogens is 252 g/mol. The predicted molar refractivity (Wildman–Crippen MR) is 81.4 cm³/mol. The summed E-state index contributed by atoms with van der Waals surface area (Å²) in [7, 11) is 0. The van der Waals surface area contributed by atoms with Gasteiger partial charge >= 0.3 is 0 Å². The van der Waals surface area contributed by atoms with E-state index >= 15 is 0 Å². The van der Waals surface area contributed by atoms with E-state index in [9.17, 15) is 4.79 Å². The second-order valence-corrected chi connectivity index (χ2v) is 5.19. The smallest absolute Gasteiger partial charge is 0.222 e. The van der Waals surface area contributed by atoms with Crippen molar-refractivity contribution in [3.63, 3.8) is 0 Å². The maximum absolute atomic E-state index is 11.8. The number of nitrogens with two attached hydrogens (primary N) is 1. The topological polar surface area (TPSA) is 72.9 Å². The number of rotatable bonds is 5. The van der Waals surface area contributed by atoms with Gasteiger partial charge in [0.1, 0.15) is 0 Å². The minimum absolute atomic E-state index is 0.0493. The zero-order chi connectivity index (χ0) is 14.7. The zero-order valence-electron chi connectivity index (χ0n) is 12.3. The van der Waals surface area contributed by atoms with Gasteiger partial charge < -0.3 is 15.6 Å². The molecule has 0 radical (unpaired) electrons. The van der Waals surface area contributed by atoms with Gasteiger partial charge in [-0.05, 0) is 31.9 Å². The van der Waals surface area contributed by atoms with E-state index < -0.39 is 0 Å². The van der Waals surface area contributed by atoms with Gasteiger partial charge in [-0.1, -0.05) is 19.1 Å². The van der Waals surface area contributed by atoms with Crippen LogP contribution in [-0.2, 0) is 11.3 Å². The van der Waals surface area contributed by atoms with E-state index in [1.807, 2.05) is 36.6 Å². The van der Waals surface area contributed by atoms with Gasteiger partial charge in [-0.15, -0.1) is 0 Å². The van der Waals surface area contributed by atoms with Crippen molar-refractivity contribution in [2.24, 2.45) is 0 Å². The summed E-state index contributed by atoms with van der Waals surface area (Å²) in [6.45, 7) is 6.61. The summed E-state index contributed by atoms with van der Waals surface area (Å²) in [5.74, 6) is 0.513. The van der Waals surface area contributed by atoms with Crippen molar-refractivity contribution in [2.45, 2.75) is 46.2 Å². The fourth-order valence-corrected chi connectivity index (χ4v) is 2.20. The number of nitrogen functional groups attached to an aromatic ring is 1. The highest BCUT2D eigenvalue weighted by molar-refractivity contribution is 5.82. The molecule has 3 N–H and O–H groups in total. The maximum atomic E-state index is 11.8. The Labute approximate surface area is 119 Å². The molecule has 20 heavy (non-hydrogen) atoms. The van der Waals surface area contributed by atoms with Crippen molar-refractivity contribution in [1.29, 1.82) is 0 Å². The molecule has 0 fully saturated rings. The number of imidazole rings is 1. The standard InChI is InChI=1S/C15H22N4O/c1-4-11(3)17-13(20)8-9-19-12-7-5-6-10(2)14(12)18-15(19)16/h5-7,11H,4,8-9H2,1-3H3,(H2,16,18)(H,17,20). The number of carbonyl (C=O) groups excluding carboxylic acids is 1. The van der Waals surface area contributed by atoms with Crippen LogP contribution in [-0.4, -0.2) is 21.5 Å². The van der Waals surface area contributed by atoms with Gasteiger partial charge in [0.15, 0.2) is 0 Å². The van der Waals surface area contributed by atoms with Crippen molar-refractivity contribution in [1.82, 2.24) is 14.9 Å². The highest BCUT2D eigenvalue weighted by Gasteiger charge is 2.11. The first kappa shape index (κ1) is 14.4. The quantitative estimate of drug-likeness (QED) is 0.878. The zero-order valence-corrected chi connectivity index (χ0v) is 12.3. The Bertz CT molecular complexity index is 618. The third-order valence-corrected chi connectivity index (χ3v) is 3.59. The summed E-state index contributed by atoms with van der Waals surface area (Å²) in [6.07, 6.45) is 1.34. The number of hydrogen-bond donors (Lipinski definition) is 2. The lowest BCUT2D eigenvalue weighted by molar-refractivity contribution is -0.121. The third kappa shape index (κ3) is 2.92. The van der Waals surface area contributed by atoms with Gasteiger partial charge in [-0.2, -0.15) is 0 Å². The van der Waals surface area contributed by atoms with E-state index in [4.69, 9.17) is 5.73 Å². The van der Waals surface area contributed by atoms with Crippen LogP contribution in [0.1, 0.15) is 32.3 Å². The van der Waals surface area contributed by atoms with E-state index in [2.05, 4.69) is 17.2 Å². The number of benzene rings is 1. The van der Waals surface area contributed by atoms with E-state index in [1.54, 1.807) is 0 Å². The molecule has 1 heterocycles. The van der Waals surface area contributed by atoms with Gasteiger partial charge in [0.05, 0.1) is 11.0 Å². The molecule has 0 aliphatic rings. The fourth-order valence-electron chi connectivity index (χ4n) is 2.20. The molecule has 1 atom stereocenters. The Morgan fingerprint density at radius 1 is 1.50 bits per heavy atom. The Kier molecular flexibility index (Phi) is 4.27. The van der Waals surface area contributed by atoms with Gasteiger partial charge in [-0.3, -0.25) is 4.79 Å². The van der Waals surface area contributed by atoms with Crippen LogP contribution in [0.2, 0.25) is 0 Å². The van der Waals surface area contributed by atoms with Gasteiger partial charge in [0.2, 0.25) is 11.9 Å². The van der Waals surface area contributed by atoms with Crippen LogP contribution in [0.5, 0.6) is 0 Å². The monoisotopic (exact) mass is 274 g/mol. The SMILES string of the molecule is CCC(C)NC(=O)CCn1c(N)nc2c(C)cccc21. The van der Waals surface area contributed by atoms with Crippen LogP contribution in [0, 0.1) is 6.92 Å². The van der Waals surface area contributed by atoms with E-state index in [1.165, 1.54) is 0 Å². The molecule has 108 valence electrons. The minimum atomic E-state index is 0.0493. The minimum Gasteiger partial charge on any atom is -0.369 e. The molecule has 1 aromatic heterocycles. The number of nitrogens with zero attached hydrogens (tertiary/aromatic N) is 2. The molecule has 0 bridgehead atoms. The molecule has 1 aromatic carbocycles. The molecule has 0 saturated heterocycles. The lowest BCUT2D eigenvalue weighted by Gasteiger charge is -2.12. The lowest BCUT2D eigenvalue weighted by atomic mass is 10.2. The average Bonchev–Trinajstić information content (AvgIpc) is 2.74. The summed E-state index contributed by atoms with van der Waals surface area (Å²) in [5.41, 5.74) is 8.95. The number of hydrogen-bond acceptors (Lipinski definition) is 3. The summed E-state index contributed by atoms with van der Waals surface area (Å²) >= 11 is 0. The van der Waals surface area contributed by atoms with Crippen LogP contribution in [0.25, 0.3) is 11.0 Å². The summed E-state index contributed by atoms with van der Waals surface area (Å²) in [4.78, 5) is 16.2. The van der Waals surface area contributed by atoms with Crippen LogP contribution in [0.15, 0.2) is 18.2 Å². The van der Waals surface area contributed by atoms with Crippen LogP contribution in [0.3, 0.4) is 0 Å². The van der Waals surface area contributed by atoms with Crippen LogP contribution in [0.4, 0.5) is 5.95 Å². The highest BCUT2D eigenvalue weighted by atomic mass is 16.1. The normalized spacial score (nSPS) is 12.6. The molecule has 2 aromatic rings. The molecule has 1 unspecified atom stereocenters. The number of aromatic nitrogens is 2. The molecule has 0 aliphatic carbocycles. The molecule has 1 amide bonds. The lowest BCUT2D eigenvalue weighted by Crippen LogP contribution is -2.32. The van der Waals surface area contributed by atoms with Crippen molar-refractivity contribution < 1.29 is 4.79 Å². The fraction of sp³-hybridized carbons (Fsp3) is 0.467. The van der Waals surface area contributed by atoms with Gasteiger partial charge in [0.25, 0.3) is 0 Å². The first-order valence-electron chi connectivity index (χ1n) is 7.03. The molecule has 5 nitrogen and oxygen atoms in total. The second kappa shape index (κ2) is 5.94. The Morgan fingerprint density at radius 3 is 2.95 bits per heavy atom. The first-order valence-corrected chi connectivity index (χ1v) is 7.03. The first-order chi connectivity index (χ1) is 9.52. The van der Waals surface area contributed by atoms with Crippen LogP contribution < -0.4 is 11.1 Å². The Balaban J connectivity index is 2.12. The number of para-hydroxylation sites is 1. The average molecular weight is 274 g/mol. The number of anilines is 1. The number of amides is 1. The molecule has 0 spiro atoms. The van der Waals surface area contributed by atoms with E-state index in [0.717, 1.165) is 23.0 Å². The summed E-state index contributed by atoms with van der Waals surface area (Å²) in [5, 5.41) is 2.96. The van der Waals surface area contributed by atoms with Crippen molar-refractivity contribution >= 4 is 22.9 Å². The molecular formula is C15H22N4O. The van der Waals surface area contributed by atoms with Crippen molar-refractivity contribution in [3.8, 4) is 0 Å². The van der Waals surface area contributed by atoms with Crippen LogP contribution >= 0.6 is 0 Å². The highest BCUT2D eigenvalue weighted by Crippen LogP contribution is 2.21. The van der Waals surface area contributed by atoms with E-state index in [0.29, 0.717) is 18.9 Å². The maximum Gasteiger partial charge on any atom is 0.222 e. The number of fused-ring (bicyclic) bond motifs is 1. The van der Waals surface area contributed by atoms with Gasteiger partial charge in [0, 0.05) is 19.0 Å². The predicted octanol–water partition coefficient (Wildman–Crippen LogP) is 2.23. The molecule has 2 rings (SSSR count). The Hall–Kier alpha value is -2.04. The molecule has 0 saturated carbocycles. The summed E-state index contributed by atoms with van der Waals surface area (Å²) in [6, 6.07) is 6.18.